The molecule has 0 aromatic heterocycles. The summed E-state index contributed by atoms with van der Waals surface area (Å²) in [6, 6.07) is 3.87. The van der Waals surface area contributed by atoms with Crippen LogP contribution in [0.25, 0.3) is 0 Å². The predicted octanol–water partition coefficient (Wildman–Crippen LogP) is 3.07. The molecule has 1 aliphatic heterocycles. The molecular formula is C13H15ClO3. The van der Waals surface area contributed by atoms with Crippen molar-refractivity contribution in [2.75, 3.05) is 6.61 Å². The largest absolute Gasteiger partial charge is 0.493 e. The molecule has 1 heterocycles. The summed E-state index contributed by atoms with van der Waals surface area (Å²) in [5, 5.41) is 9.30. The highest BCUT2D eigenvalue weighted by molar-refractivity contribution is 6.30. The topological polar surface area (TPSA) is 46.5 Å². The number of halogens is 1. The molecule has 0 amide bonds. The lowest BCUT2D eigenvalue weighted by molar-refractivity contribution is -0.137. The minimum absolute atomic E-state index is 0.226. The van der Waals surface area contributed by atoms with Gasteiger partial charge in [-0.25, -0.2) is 0 Å². The zero-order valence-electron chi connectivity index (χ0n) is 9.54. The number of rotatable bonds is 5. The molecule has 1 N–H and O–H groups in total. The van der Waals surface area contributed by atoms with Gasteiger partial charge in [0.2, 0.25) is 0 Å². The molecule has 1 aliphatic rings. The second-order valence-electron chi connectivity index (χ2n) is 4.25. The minimum atomic E-state index is -0.738. The number of hydrogen-bond donors (Lipinski definition) is 1. The summed E-state index contributed by atoms with van der Waals surface area (Å²) in [6.45, 7) is 0.720. The normalized spacial score (nSPS) is 13.2. The molecule has 1 aromatic carbocycles. The first-order chi connectivity index (χ1) is 8.16. The number of ether oxygens (including phenoxy) is 1. The van der Waals surface area contributed by atoms with Gasteiger partial charge < -0.3 is 9.84 Å². The molecule has 1 aromatic rings. The monoisotopic (exact) mass is 254 g/mol. The summed E-state index contributed by atoms with van der Waals surface area (Å²) in [6.07, 6.45) is 3.51. The third kappa shape index (κ3) is 3.13. The van der Waals surface area contributed by atoms with E-state index < -0.39 is 5.97 Å². The first kappa shape index (κ1) is 12.2. The summed E-state index contributed by atoms with van der Waals surface area (Å²) in [5.41, 5.74) is 2.28. The Labute approximate surface area is 105 Å². The Balaban J connectivity index is 1.98. The van der Waals surface area contributed by atoms with Crippen molar-refractivity contribution in [2.45, 2.75) is 32.1 Å². The van der Waals surface area contributed by atoms with Gasteiger partial charge in [0, 0.05) is 17.9 Å². The number of fused-ring (bicyclic) bond motifs is 1. The van der Waals surface area contributed by atoms with Crippen molar-refractivity contribution in [3.63, 3.8) is 0 Å². The third-order valence-electron chi connectivity index (χ3n) is 2.91. The molecular weight excluding hydrogens is 240 g/mol. The van der Waals surface area contributed by atoms with Crippen LogP contribution in [-0.4, -0.2) is 17.7 Å². The van der Waals surface area contributed by atoms with E-state index in [0.717, 1.165) is 42.2 Å². The maximum Gasteiger partial charge on any atom is 0.303 e. The van der Waals surface area contributed by atoms with Gasteiger partial charge in [0.1, 0.15) is 5.75 Å². The van der Waals surface area contributed by atoms with Gasteiger partial charge in [-0.05, 0) is 42.5 Å². The standard InChI is InChI=1S/C13H15ClO3/c14-11-7-9(3-1-2-4-12(15)16)13-10(8-11)5-6-17-13/h7-8H,1-6H2,(H,15,16). The van der Waals surface area contributed by atoms with Gasteiger partial charge in [-0.15, -0.1) is 0 Å². The fourth-order valence-electron chi connectivity index (χ4n) is 2.12. The van der Waals surface area contributed by atoms with Gasteiger partial charge in [0.25, 0.3) is 0 Å². The number of carboxylic acids is 1. The van der Waals surface area contributed by atoms with Crippen molar-refractivity contribution in [3.05, 3.63) is 28.3 Å². The predicted molar refractivity (Wildman–Crippen MR) is 65.8 cm³/mol. The molecule has 4 heteroatoms. The van der Waals surface area contributed by atoms with Crippen LogP contribution < -0.4 is 4.74 Å². The van der Waals surface area contributed by atoms with Gasteiger partial charge in [0.05, 0.1) is 6.61 Å². The average molecular weight is 255 g/mol. The minimum Gasteiger partial charge on any atom is -0.493 e. The van der Waals surface area contributed by atoms with E-state index in [4.69, 9.17) is 21.4 Å². The van der Waals surface area contributed by atoms with Crippen molar-refractivity contribution >= 4 is 17.6 Å². The molecule has 0 spiro atoms. The smallest absolute Gasteiger partial charge is 0.303 e. The lowest BCUT2D eigenvalue weighted by Gasteiger charge is -2.08. The summed E-state index contributed by atoms with van der Waals surface area (Å²) >= 11 is 6.04. The fourth-order valence-corrected chi connectivity index (χ4v) is 2.39. The lowest BCUT2D eigenvalue weighted by atomic mass is 10.0. The quantitative estimate of drug-likeness (QED) is 0.822. The van der Waals surface area contributed by atoms with E-state index in [2.05, 4.69) is 0 Å². The van der Waals surface area contributed by atoms with Crippen molar-refractivity contribution < 1.29 is 14.6 Å². The summed E-state index contributed by atoms with van der Waals surface area (Å²) in [4.78, 5) is 10.4. The van der Waals surface area contributed by atoms with Crippen LogP contribution in [0.4, 0.5) is 0 Å². The number of carbonyl (C=O) groups is 1. The Morgan fingerprint density at radius 2 is 2.24 bits per heavy atom. The highest BCUT2D eigenvalue weighted by Crippen LogP contribution is 2.33. The maximum absolute atomic E-state index is 10.4. The fraction of sp³-hybridized carbons (Fsp3) is 0.462. The van der Waals surface area contributed by atoms with E-state index >= 15 is 0 Å². The Bertz CT molecular complexity index is 429. The van der Waals surface area contributed by atoms with E-state index in [9.17, 15) is 4.79 Å². The van der Waals surface area contributed by atoms with Crippen LogP contribution in [0.15, 0.2) is 12.1 Å². The van der Waals surface area contributed by atoms with Crippen molar-refractivity contribution in [1.29, 1.82) is 0 Å². The first-order valence-electron chi connectivity index (χ1n) is 5.82. The molecule has 0 bridgehead atoms. The van der Waals surface area contributed by atoms with Crippen molar-refractivity contribution in [3.8, 4) is 5.75 Å². The highest BCUT2D eigenvalue weighted by Gasteiger charge is 2.17. The second kappa shape index (κ2) is 5.41. The van der Waals surface area contributed by atoms with Crippen molar-refractivity contribution in [1.82, 2.24) is 0 Å². The Morgan fingerprint density at radius 3 is 3.00 bits per heavy atom. The molecule has 92 valence electrons. The molecule has 0 fully saturated rings. The maximum atomic E-state index is 10.4. The van der Waals surface area contributed by atoms with E-state index in [1.807, 2.05) is 12.1 Å². The summed E-state index contributed by atoms with van der Waals surface area (Å²) in [7, 11) is 0. The summed E-state index contributed by atoms with van der Waals surface area (Å²) < 4.78 is 5.59. The van der Waals surface area contributed by atoms with Crippen LogP contribution in [0, 0.1) is 0 Å². The lowest BCUT2D eigenvalue weighted by Crippen LogP contribution is -1.96. The summed E-state index contributed by atoms with van der Waals surface area (Å²) in [5.74, 6) is 0.224. The first-order valence-corrected chi connectivity index (χ1v) is 6.20. The number of aryl methyl sites for hydroxylation is 1. The third-order valence-corrected chi connectivity index (χ3v) is 3.13. The SMILES string of the molecule is O=C(O)CCCCc1cc(Cl)cc2c1OCC2. The molecule has 0 radical (unpaired) electrons. The Kier molecular flexibility index (Phi) is 3.89. The molecule has 0 saturated heterocycles. The van der Waals surface area contributed by atoms with Gasteiger partial charge in [0.15, 0.2) is 0 Å². The molecule has 0 aliphatic carbocycles. The zero-order valence-corrected chi connectivity index (χ0v) is 10.3. The Morgan fingerprint density at radius 1 is 1.41 bits per heavy atom. The molecule has 0 unspecified atom stereocenters. The zero-order chi connectivity index (χ0) is 12.3. The Hall–Kier alpha value is -1.22. The molecule has 2 rings (SSSR count). The number of benzene rings is 1. The van der Waals surface area contributed by atoms with Crippen molar-refractivity contribution in [2.24, 2.45) is 0 Å². The highest BCUT2D eigenvalue weighted by atomic mass is 35.5. The van der Waals surface area contributed by atoms with Gasteiger partial charge in [-0.1, -0.05) is 11.6 Å². The number of unbranched alkanes of at least 4 members (excludes halogenated alkanes) is 1. The van der Waals surface area contributed by atoms with Crippen LogP contribution >= 0.6 is 11.6 Å². The average Bonchev–Trinajstić information content (AvgIpc) is 2.71. The van der Waals surface area contributed by atoms with E-state index in [0.29, 0.717) is 6.42 Å². The van der Waals surface area contributed by atoms with Crippen LogP contribution in [0.3, 0.4) is 0 Å². The van der Waals surface area contributed by atoms with Gasteiger partial charge in [-0.2, -0.15) is 0 Å². The second-order valence-corrected chi connectivity index (χ2v) is 4.69. The van der Waals surface area contributed by atoms with E-state index in [-0.39, 0.29) is 6.42 Å². The molecule has 0 saturated carbocycles. The van der Waals surface area contributed by atoms with Gasteiger partial charge in [-0.3, -0.25) is 4.79 Å². The van der Waals surface area contributed by atoms with Crippen LogP contribution in [0.1, 0.15) is 30.4 Å². The molecule has 0 atom stereocenters. The van der Waals surface area contributed by atoms with Gasteiger partial charge >= 0.3 is 5.97 Å². The van der Waals surface area contributed by atoms with Crippen LogP contribution in [-0.2, 0) is 17.6 Å². The van der Waals surface area contributed by atoms with E-state index in [1.165, 1.54) is 5.56 Å². The number of aliphatic carboxylic acids is 1. The van der Waals surface area contributed by atoms with Crippen LogP contribution in [0.2, 0.25) is 5.02 Å². The molecule has 3 nitrogen and oxygen atoms in total. The van der Waals surface area contributed by atoms with Crippen LogP contribution in [0.5, 0.6) is 5.75 Å². The molecule has 17 heavy (non-hydrogen) atoms. The van der Waals surface area contributed by atoms with E-state index in [1.54, 1.807) is 0 Å². The number of carboxylic acid groups (broad SMARTS) is 1. The number of hydrogen-bond acceptors (Lipinski definition) is 2.